The molecule has 0 aliphatic carbocycles. The second-order valence-electron chi connectivity index (χ2n) is 8.00. The molecule has 0 saturated carbocycles. The van der Waals surface area contributed by atoms with Crippen molar-refractivity contribution in [1.82, 2.24) is 10.6 Å². The Kier molecular flexibility index (Phi) is 8.32. The van der Waals surface area contributed by atoms with Crippen LogP contribution in [0.25, 0.3) is 0 Å². The highest BCUT2D eigenvalue weighted by Crippen LogP contribution is 2.34. The van der Waals surface area contributed by atoms with E-state index in [1.807, 2.05) is 39.0 Å². The first kappa shape index (κ1) is 23.0. The Morgan fingerprint density at radius 1 is 1.17 bits per heavy atom. The van der Waals surface area contributed by atoms with E-state index >= 15 is 0 Å². The van der Waals surface area contributed by atoms with Crippen LogP contribution in [0.1, 0.15) is 52.6 Å². The van der Waals surface area contributed by atoms with Crippen molar-refractivity contribution >= 4 is 23.3 Å². The molecule has 1 heterocycles. The summed E-state index contributed by atoms with van der Waals surface area (Å²) in [6.45, 7) is 11.1. The summed E-state index contributed by atoms with van der Waals surface area (Å²) in [5.74, 6) is 1.75. The van der Waals surface area contributed by atoms with Crippen molar-refractivity contribution in [3.8, 4) is 11.5 Å². The van der Waals surface area contributed by atoms with Crippen LogP contribution in [0.2, 0.25) is 0 Å². The van der Waals surface area contributed by atoms with Crippen LogP contribution >= 0.6 is 12.2 Å². The molecule has 6 nitrogen and oxygen atoms in total. The third-order valence-corrected chi connectivity index (χ3v) is 4.73. The number of nitrogens with one attached hydrogen (secondary N) is 2. The maximum atomic E-state index is 12.8. The summed E-state index contributed by atoms with van der Waals surface area (Å²) in [5.41, 5.74) is 2.04. The summed E-state index contributed by atoms with van der Waals surface area (Å²) in [6.07, 6.45) is 0.961. The smallest absolute Gasteiger partial charge is 0.338 e. The van der Waals surface area contributed by atoms with Crippen LogP contribution in [0.3, 0.4) is 0 Å². The van der Waals surface area contributed by atoms with Crippen LogP contribution in [0.15, 0.2) is 29.5 Å². The van der Waals surface area contributed by atoms with Gasteiger partial charge in [0.15, 0.2) is 16.6 Å². The van der Waals surface area contributed by atoms with Crippen LogP contribution in [0, 0.1) is 11.8 Å². The van der Waals surface area contributed by atoms with Gasteiger partial charge >= 0.3 is 5.97 Å². The van der Waals surface area contributed by atoms with Crippen LogP contribution in [0.5, 0.6) is 11.5 Å². The first-order chi connectivity index (χ1) is 13.7. The molecule has 1 aliphatic heterocycles. The Labute approximate surface area is 179 Å². The third-order valence-electron chi connectivity index (χ3n) is 4.51. The van der Waals surface area contributed by atoms with Crippen LogP contribution in [-0.2, 0) is 9.53 Å². The van der Waals surface area contributed by atoms with Crippen molar-refractivity contribution < 1.29 is 19.0 Å². The number of rotatable bonds is 9. The molecule has 1 atom stereocenters. The summed E-state index contributed by atoms with van der Waals surface area (Å²) in [5, 5.41) is 6.66. The second-order valence-corrected chi connectivity index (χ2v) is 8.41. The number of methoxy groups -OCH3 is 1. The molecule has 0 aromatic heterocycles. The number of benzene rings is 1. The number of carbonyl (C=O) groups excluding carboxylic acids is 1. The Hall–Kier alpha value is -2.28. The van der Waals surface area contributed by atoms with E-state index in [0.29, 0.717) is 47.0 Å². The van der Waals surface area contributed by atoms with E-state index in [2.05, 4.69) is 24.5 Å². The lowest BCUT2D eigenvalue weighted by molar-refractivity contribution is -0.140. The molecule has 2 rings (SSSR count). The molecule has 2 N–H and O–H groups in total. The normalized spacial score (nSPS) is 16.6. The zero-order chi connectivity index (χ0) is 21.6. The molecule has 1 aliphatic rings. The van der Waals surface area contributed by atoms with Crippen molar-refractivity contribution in [3.05, 3.63) is 35.0 Å². The zero-order valence-corrected chi connectivity index (χ0v) is 18.9. The first-order valence-electron chi connectivity index (χ1n) is 9.99. The number of allylic oxidation sites excluding steroid dienone is 1. The molecule has 7 heteroatoms. The average Bonchev–Trinajstić information content (AvgIpc) is 2.65. The third kappa shape index (κ3) is 6.35. The predicted octanol–water partition coefficient (Wildman–Crippen LogP) is 4.11. The maximum Gasteiger partial charge on any atom is 0.338 e. The SMILES string of the molecule is COc1cc([C@H]2NC(=S)NC(C)=C2C(=O)OCC(C)C)ccc1OCCC(C)C. The van der Waals surface area contributed by atoms with Crippen molar-refractivity contribution in [1.29, 1.82) is 0 Å². The number of hydrogen-bond donors (Lipinski definition) is 2. The standard InChI is InChI=1S/C22H32N2O4S/c1-13(2)9-10-27-17-8-7-16(11-18(17)26-6)20-19(15(5)23-22(29)24-20)21(25)28-12-14(3)4/h7-8,11,13-14,20H,9-10,12H2,1-6H3,(H2,23,24,29)/t20-/m1/s1. The largest absolute Gasteiger partial charge is 0.493 e. The Morgan fingerprint density at radius 2 is 1.90 bits per heavy atom. The Balaban J connectivity index is 2.30. The maximum absolute atomic E-state index is 12.8. The van der Waals surface area contributed by atoms with Crippen LogP contribution < -0.4 is 20.1 Å². The number of hydrogen-bond acceptors (Lipinski definition) is 5. The average molecular weight is 421 g/mol. The lowest BCUT2D eigenvalue weighted by Gasteiger charge is -2.30. The van der Waals surface area contributed by atoms with Crippen molar-refractivity contribution in [2.45, 2.75) is 47.1 Å². The van der Waals surface area contributed by atoms with Gasteiger partial charge in [-0.3, -0.25) is 0 Å². The van der Waals surface area contributed by atoms with Crippen LogP contribution in [-0.4, -0.2) is 31.4 Å². The fraction of sp³-hybridized carbons (Fsp3) is 0.545. The lowest BCUT2D eigenvalue weighted by Crippen LogP contribution is -2.45. The summed E-state index contributed by atoms with van der Waals surface area (Å²) in [7, 11) is 1.60. The zero-order valence-electron chi connectivity index (χ0n) is 18.1. The summed E-state index contributed by atoms with van der Waals surface area (Å²) < 4.78 is 16.9. The number of esters is 1. The van der Waals surface area contributed by atoms with E-state index in [-0.39, 0.29) is 11.9 Å². The van der Waals surface area contributed by atoms with E-state index in [9.17, 15) is 4.79 Å². The van der Waals surface area contributed by atoms with Gasteiger partial charge in [-0.15, -0.1) is 0 Å². The van der Waals surface area contributed by atoms with Gasteiger partial charge in [0.1, 0.15) is 0 Å². The minimum absolute atomic E-state index is 0.256. The Morgan fingerprint density at radius 3 is 2.52 bits per heavy atom. The van der Waals surface area contributed by atoms with Gasteiger partial charge in [-0.05, 0) is 55.1 Å². The molecule has 0 saturated heterocycles. The van der Waals surface area contributed by atoms with Gasteiger partial charge in [0.25, 0.3) is 0 Å². The Bertz CT molecular complexity index is 774. The second kappa shape index (κ2) is 10.5. The highest BCUT2D eigenvalue weighted by molar-refractivity contribution is 7.80. The van der Waals surface area contributed by atoms with Crippen LogP contribution in [0.4, 0.5) is 0 Å². The van der Waals surface area contributed by atoms with Gasteiger partial charge in [-0.25, -0.2) is 4.79 Å². The van der Waals surface area contributed by atoms with Gasteiger partial charge in [-0.2, -0.15) is 0 Å². The van der Waals surface area contributed by atoms with Gasteiger partial charge in [0, 0.05) is 5.70 Å². The van der Waals surface area contributed by atoms with Crippen molar-refractivity contribution in [3.63, 3.8) is 0 Å². The predicted molar refractivity (Wildman–Crippen MR) is 118 cm³/mol. The van der Waals surface area contributed by atoms with E-state index in [1.54, 1.807) is 7.11 Å². The molecule has 1 aromatic carbocycles. The van der Waals surface area contributed by atoms with E-state index in [0.717, 1.165) is 12.0 Å². The molecular weight excluding hydrogens is 388 g/mol. The molecule has 29 heavy (non-hydrogen) atoms. The van der Waals surface area contributed by atoms with Gasteiger partial charge in [0.2, 0.25) is 0 Å². The highest BCUT2D eigenvalue weighted by Gasteiger charge is 2.31. The van der Waals surface area contributed by atoms with E-state index in [4.69, 9.17) is 26.4 Å². The summed E-state index contributed by atoms with van der Waals surface area (Å²) in [6, 6.07) is 5.23. The fourth-order valence-corrected chi connectivity index (χ4v) is 3.19. The summed E-state index contributed by atoms with van der Waals surface area (Å²) in [4.78, 5) is 12.8. The number of carbonyl (C=O) groups is 1. The van der Waals surface area contributed by atoms with Gasteiger partial charge in [-0.1, -0.05) is 33.8 Å². The molecule has 0 bridgehead atoms. The fourth-order valence-electron chi connectivity index (χ4n) is 2.92. The van der Waals surface area contributed by atoms with Gasteiger partial charge in [0.05, 0.1) is 31.9 Å². The molecule has 160 valence electrons. The van der Waals surface area contributed by atoms with Crippen molar-refractivity contribution in [2.75, 3.05) is 20.3 Å². The highest BCUT2D eigenvalue weighted by atomic mass is 32.1. The monoisotopic (exact) mass is 420 g/mol. The van der Waals surface area contributed by atoms with E-state index < -0.39 is 6.04 Å². The molecule has 0 amide bonds. The molecular formula is C22H32N2O4S. The molecule has 1 aromatic rings. The first-order valence-corrected chi connectivity index (χ1v) is 10.4. The van der Waals surface area contributed by atoms with Crippen molar-refractivity contribution in [2.24, 2.45) is 11.8 Å². The minimum Gasteiger partial charge on any atom is -0.493 e. The van der Waals surface area contributed by atoms with Gasteiger partial charge < -0.3 is 24.8 Å². The summed E-state index contributed by atoms with van der Waals surface area (Å²) >= 11 is 5.31. The quantitative estimate of drug-likeness (QED) is 0.460. The topological polar surface area (TPSA) is 68.8 Å². The number of ether oxygens (including phenoxy) is 3. The minimum atomic E-state index is -0.429. The van der Waals surface area contributed by atoms with E-state index in [1.165, 1.54) is 0 Å². The number of thiocarbonyl (C=S) groups is 1. The molecule has 0 unspecified atom stereocenters. The lowest BCUT2D eigenvalue weighted by atomic mass is 9.95. The molecule has 0 spiro atoms. The molecule has 0 fully saturated rings. The molecule has 0 radical (unpaired) electrons.